The molecule has 2 aliphatic heterocycles. The molecule has 0 atom stereocenters. The van der Waals surface area contributed by atoms with Gasteiger partial charge in [0.25, 0.3) is 6.71 Å². The van der Waals surface area contributed by atoms with Crippen molar-refractivity contribution in [3.63, 3.8) is 0 Å². The van der Waals surface area contributed by atoms with Crippen LogP contribution in [0.2, 0.25) is 0 Å². The molecule has 3 nitrogen and oxygen atoms in total. The first kappa shape index (κ1) is 44.9. The highest BCUT2D eigenvalue weighted by molar-refractivity contribution is 7.00. The van der Waals surface area contributed by atoms with Gasteiger partial charge in [0, 0.05) is 50.0 Å². The van der Waals surface area contributed by atoms with Gasteiger partial charge >= 0.3 is 0 Å². The van der Waals surface area contributed by atoms with E-state index in [9.17, 15) is 0 Å². The molecule has 0 amide bonds. The predicted molar refractivity (Wildman–Crippen MR) is 303 cm³/mol. The number of hydrogen-bond donors (Lipinski definition) is 0. The molecule has 3 heterocycles. The Balaban J connectivity index is 1.17. The number of aryl methyl sites for hydroxylation is 3. The third-order valence-electron chi connectivity index (χ3n) is 19.3. The van der Waals surface area contributed by atoms with Gasteiger partial charge in [0.2, 0.25) is 0 Å². The van der Waals surface area contributed by atoms with Crippen LogP contribution in [0.3, 0.4) is 0 Å². The molecule has 13 rings (SSSR count). The molecule has 0 N–H and O–H groups in total. The maximum Gasteiger partial charge on any atom is 0.252 e. The number of hydrogen-bond acceptors (Lipinski definition) is 3. The van der Waals surface area contributed by atoms with Crippen LogP contribution in [0.5, 0.6) is 0 Å². The molecular weight excluding hydrogens is 860 g/mol. The van der Waals surface area contributed by atoms with Crippen LogP contribution in [0, 0.1) is 20.8 Å². The standard InChI is InChI=1S/C67H71BN2O/c1-38-30-56-59-57(31-38)70(53-23-19-16-20-39(53)2)60-51(25-24-41-42-33-46-48(37-58(42)71-61(41)60)65(10,11)29-27-63(46,6)7)68(59)52-34-49-50(67(14,15)44-22-18-17-21-43(44)66(49,12)13)36-55(52)69(56)54-35-47-45(32-40(54)3)62(4,5)26-28-64(47,8)9/h16-25,30-37H,26-29H2,1-15H3. The molecule has 0 spiro atoms. The Hall–Kier alpha value is -6.00. The van der Waals surface area contributed by atoms with Crippen molar-refractivity contribution in [2.45, 2.75) is 162 Å². The van der Waals surface area contributed by atoms with E-state index in [1.807, 2.05) is 0 Å². The van der Waals surface area contributed by atoms with Crippen molar-refractivity contribution in [2.24, 2.45) is 0 Å². The van der Waals surface area contributed by atoms with E-state index in [1.54, 1.807) is 0 Å². The summed E-state index contributed by atoms with van der Waals surface area (Å²) < 4.78 is 7.48. The monoisotopic (exact) mass is 931 g/mol. The van der Waals surface area contributed by atoms with E-state index >= 15 is 0 Å². The van der Waals surface area contributed by atoms with Crippen LogP contribution in [-0.4, -0.2) is 6.71 Å². The van der Waals surface area contributed by atoms with Crippen LogP contribution >= 0.6 is 0 Å². The van der Waals surface area contributed by atoms with E-state index < -0.39 is 0 Å². The molecule has 1 aromatic heterocycles. The average Bonchev–Trinajstić information content (AvgIpc) is 3.69. The molecule has 4 heteroatoms. The van der Waals surface area contributed by atoms with Crippen molar-refractivity contribution in [3.8, 4) is 0 Å². The summed E-state index contributed by atoms with van der Waals surface area (Å²) in [4.78, 5) is 5.31. The molecular formula is C67H71BN2O. The van der Waals surface area contributed by atoms with Gasteiger partial charge in [-0.05, 0) is 188 Å². The van der Waals surface area contributed by atoms with E-state index in [2.05, 4.69) is 223 Å². The molecule has 71 heavy (non-hydrogen) atoms. The highest BCUT2D eigenvalue weighted by Gasteiger charge is 2.50. The summed E-state index contributed by atoms with van der Waals surface area (Å²) >= 11 is 0. The number of furan rings is 1. The minimum absolute atomic E-state index is 0.0510. The molecule has 7 aromatic carbocycles. The maximum atomic E-state index is 7.48. The van der Waals surface area contributed by atoms with Crippen LogP contribution in [0.15, 0.2) is 114 Å². The second kappa shape index (κ2) is 14.1. The zero-order valence-electron chi connectivity index (χ0n) is 45.1. The number of benzene rings is 7. The number of rotatable bonds is 2. The minimum Gasteiger partial charge on any atom is -0.454 e. The smallest absolute Gasteiger partial charge is 0.252 e. The van der Waals surface area contributed by atoms with Gasteiger partial charge in [-0.2, -0.15) is 0 Å². The Bertz CT molecular complexity index is 3670. The molecule has 0 bridgehead atoms. The van der Waals surface area contributed by atoms with Crippen LogP contribution < -0.4 is 26.2 Å². The Kier molecular flexibility index (Phi) is 8.95. The fraction of sp³-hybridized carbons (Fsp3) is 0.373. The van der Waals surface area contributed by atoms with Crippen molar-refractivity contribution < 1.29 is 4.42 Å². The summed E-state index contributed by atoms with van der Waals surface area (Å²) in [6.45, 7) is 36.3. The molecule has 0 saturated carbocycles. The Labute approximate surface area is 423 Å². The van der Waals surface area contributed by atoms with Crippen molar-refractivity contribution in [1.29, 1.82) is 0 Å². The van der Waals surface area contributed by atoms with E-state index in [4.69, 9.17) is 4.42 Å². The second-order valence-corrected chi connectivity index (χ2v) is 26.5. The Morgan fingerprint density at radius 3 is 1.55 bits per heavy atom. The largest absolute Gasteiger partial charge is 0.454 e. The molecule has 3 aliphatic carbocycles. The van der Waals surface area contributed by atoms with Gasteiger partial charge in [0.1, 0.15) is 5.58 Å². The Morgan fingerprint density at radius 2 is 0.930 bits per heavy atom. The van der Waals surface area contributed by atoms with Crippen molar-refractivity contribution >= 4 is 79.2 Å². The second-order valence-electron chi connectivity index (χ2n) is 26.5. The zero-order valence-corrected chi connectivity index (χ0v) is 45.1. The fourth-order valence-corrected chi connectivity index (χ4v) is 14.7. The third kappa shape index (κ3) is 5.97. The number of fused-ring (bicyclic) bond motifs is 12. The molecule has 0 fully saturated rings. The van der Waals surface area contributed by atoms with Gasteiger partial charge in [0.15, 0.2) is 5.58 Å². The van der Waals surface area contributed by atoms with Crippen LogP contribution in [0.4, 0.5) is 34.1 Å². The van der Waals surface area contributed by atoms with Crippen molar-refractivity contribution in [3.05, 3.63) is 170 Å². The van der Waals surface area contributed by atoms with Crippen LogP contribution in [-0.2, 0) is 32.5 Å². The SMILES string of the molecule is Cc1cc2c3c(c1)N(c1ccccc1C)c1c(ccc4c1oc1cc5c(cc14)C(C)(C)CCC5(C)C)B3c1cc3c(cc1N2c1cc2c(cc1C)C(C)(C)CCC2(C)C)C(C)(C)c1ccccc1C3(C)C. The van der Waals surface area contributed by atoms with E-state index in [-0.39, 0.29) is 39.2 Å². The van der Waals surface area contributed by atoms with Gasteiger partial charge in [-0.15, -0.1) is 0 Å². The molecule has 8 aromatic rings. The molecule has 0 saturated heterocycles. The summed E-state index contributed by atoms with van der Waals surface area (Å²) in [5.74, 6) is 0. The summed E-state index contributed by atoms with van der Waals surface area (Å²) in [5, 5.41) is 2.40. The van der Waals surface area contributed by atoms with Crippen LogP contribution in [0.25, 0.3) is 21.9 Å². The molecule has 5 aliphatic rings. The summed E-state index contributed by atoms with van der Waals surface area (Å²) in [6, 6.07) is 43.5. The predicted octanol–water partition coefficient (Wildman–Crippen LogP) is 16.3. The highest BCUT2D eigenvalue weighted by Crippen LogP contribution is 2.56. The highest BCUT2D eigenvalue weighted by atomic mass is 16.3. The summed E-state index contributed by atoms with van der Waals surface area (Å²) in [6.07, 6.45) is 4.69. The third-order valence-corrected chi connectivity index (χ3v) is 19.3. The van der Waals surface area contributed by atoms with Gasteiger partial charge in [0.05, 0.1) is 5.69 Å². The lowest BCUT2D eigenvalue weighted by Crippen LogP contribution is -2.62. The van der Waals surface area contributed by atoms with Crippen molar-refractivity contribution in [2.75, 3.05) is 9.80 Å². The van der Waals surface area contributed by atoms with Gasteiger partial charge in [-0.3, -0.25) is 0 Å². The lowest BCUT2D eigenvalue weighted by molar-refractivity contribution is 0.332. The van der Waals surface area contributed by atoms with E-state index in [0.29, 0.717) is 0 Å². The lowest BCUT2D eigenvalue weighted by Gasteiger charge is -2.48. The van der Waals surface area contributed by atoms with E-state index in [0.717, 1.165) is 23.3 Å². The first-order chi connectivity index (χ1) is 33.4. The first-order valence-electron chi connectivity index (χ1n) is 26.7. The lowest BCUT2D eigenvalue weighted by atomic mass is 9.33. The van der Waals surface area contributed by atoms with Gasteiger partial charge in [-0.25, -0.2) is 0 Å². The fourth-order valence-electron chi connectivity index (χ4n) is 14.7. The molecule has 358 valence electrons. The molecule has 0 unspecified atom stereocenters. The van der Waals surface area contributed by atoms with Crippen molar-refractivity contribution in [1.82, 2.24) is 0 Å². The normalized spacial score (nSPS) is 19.8. The topological polar surface area (TPSA) is 19.6 Å². The maximum absolute atomic E-state index is 7.48. The average molecular weight is 931 g/mol. The first-order valence-corrected chi connectivity index (χ1v) is 26.7. The number of anilines is 6. The van der Waals surface area contributed by atoms with Gasteiger partial charge < -0.3 is 14.2 Å². The number of para-hydroxylation sites is 1. The Morgan fingerprint density at radius 1 is 0.408 bits per heavy atom. The van der Waals surface area contributed by atoms with E-state index in [1.165, 1.54) is 136 Å². The van der Waals surface area contributed by atoms with Gasteiger partial charge in [-0.1, -0.05) is 150 Å². The number of nitrogens with zero attached hydrogens (tertiary/aromatic N) is 2. The molecule has 0 radical (unpaired) electrons. The zero-order chi connectivity index (χ0) is 49.9. The van der Waals surface area contributed by atoms with Crippen LogP contribution in [0.1, 0.15) is 170 Å². The summed E-state index contributed by atoms with van der Waals surface area (Å²) in [7, 11) is 0. The summed E-state index contributed by atoms with van der Waals surface area (Å²) in [5.41, 5.74) is 28.6. The minimum atomic E-state index is -0.219. The quantitative estimate of drug-likeness (QED) is 0.161.